The quantitative estimate of drug-likeness (QED) is 0.572. The summed E-state index contributed by atoms with van der Waals surface area (Å²) in [7, 11) is 0. The highest BCUT2D eigenvalue weighted by Crippen LogP contribution is 2.29. The SMILES string of the molecule is Oc1cccc(/C=C/[B-](F)(F)F)c1O. The molecule has 0 amide bonds. The summed E-state index contributed by atoms with van der Waals surface area (Å²) in [5.41, 5.74) is -0.0656. The fourth-order valence-corrected chi connectivity index (χ4v) is 0.896. The van der Waals surface area contributed by atoms with E-state index in [1.165, 1.54) is 18.2 Å². The minimum absolute atomic E-state index is 0.0501. The van der Waals surface area contributed by atoms with E-state index in [0.717, 1.165) is 6.08 Å². The molecular formula is C8H7BF3O2-. The summed E-state index contributed by atoms with van der Waals surface area (Å²) < 4.78 is 35.4. The van der Waals surface area contributed by atoms with Gasteiger partial charge in [-0.25, -0.2) is 0 Å². The number of para-hydroxylation sites is 1. The van der Waals surface area contributed by atoms with Gasteiger partial charge in [0.05, 0.1) is 0 Å². The topological polar surface area (TPSA) is 40.5 Å². The molecule has 2 nitrogen and oxygen atoms in total. The van der Waals surface area contributed by atoms with Crippen LogP contribution in [-0.2, 0) is 0 Å². The van der Waals surface area contributed by atoms with Gasteiger partial charge in [0.1, 0.15) is 0 Å². The Morgan fingerprint density at radius 3 is 2.36 bits per heavy atom. The molecule has 0 aliphatic rings. The van der Waals surface area contributed by atoms with Crippen molar-refractivity contribution in [1.82, 2.24) is 0 Å². The molecule has 0 aromatic heterocycles. The number of halogens is 3. The lowest BCUT2D eigenvalue weighted by molar-refractivity contribution is 0.403. The van der Waals surface area contributed by atoms with E-state index in [1.807, 2.05) is 0 Å². The second-order valence-corrected chi connectivity index (χ2v) is 2.70. The minimum atomic E-state index is -5.03. The molecule has 0 saturated heterocycles. The third kappa shape index (κ3) is 2.72. The first-order valence-corrected chi connectivity index (χ1v) is 3.80. The molecule has 0 aliphatic carbocycles. The highest BCUT2D eigenvalue weighted by Gasteiger charge is 2.17. The van der Waals surface area contributed by atoms with Crippen LogP contribution in [0.25, 0.3) is 6.08 Å². The van der Waals surface area contributed by atoms with Crippen LogP contribution in [0.5, 0.6) is 11.5 Å². The monoisotopic (exact) mass is 203 g/mol. The zero-order valence-electron chi connectivity index (χ0n) is 6.99. The average Bonchev–Trinajstić information content (AvgIpc) is 2.06. The minimum Gasteiger partial charge on any atom is -0.504 e. The van der Waals surface area contributed by atoms with E-state index in [-0.39, 0.29) is 11.5 Å². The van der Waals surface area contributed by atoms with Crippen LogP contribution in [0.15, 0.2) is 24.2 Å². The largest absolute Gasteiger partial charge is 0.504 e. The summed E-state index contributed by atoms with van der Waals surface area (Å²) in [5.74, 6) is -0.945. The molecule has 0 saturated carbocycles. The Bertz CT molecular complexity index is 360. The zero-order valence-corrected chi connectivity index (χ0v) is 6.99. The van der Waals surface area contributed by atoms with Crippen molar-refractivity contribution in [2.45, 2.75) is 0 Å². The second-order valence-electron chi connectivity index (χ2n) is 2.70. The predicted octanol–water partition coefficient (Wildman–Crippen LogP) is 2.50. The third-order valence-electron chi connectivity index (χ3n) is 1.54. The summed E-state index contributed by atoms with van der Waals surface area (Å²) in [4.78, 5) is 0. The summed E-state index contributed by atoms with van der Waals surface area (Å²) in [6, 6.07) is 3.80. The fourth-order valence-electron chi connectivity index (χ4n) is 0.896. The summed E-state index contributed by atoms with van der Waals surface area (Å²) in [6.45, 7) is -5.03. The van der Waals surface area contributed by atoms with Crippen molar-refractivity contribution < 1.29 is 23.2 Å². The molecule has 1 rings (SSSR count). The van der Waals surface area contributed by atoms with Gasteiger partial charge in [-0.1, -0.05) is 18.2 Å². The lowest BCUT2D eigenvalue weighted by Crippen LogP contribution is -2.09. The van der Waals surface area contributed by atoms with Gasteiger partial charge in [0.25, 0.3) is 0 Å². The van der Waals surface area contributed by atoms with Crippen molar-refractivity contribution in [3.8, 4) is 11.5 Å². The first-order chi connectivity index (χ1) is 6.40. The molecule has 0 fully saturated rings. The molecule has 0 bridgehead atoms. The van der Waals surface area contributed by atoms with Gasteiger partial charge in [-0.15, -0.1) is 5.98 Å². The Hall–Kier alpha value is -1.59. The maximum atomic E-state index is 11.8. The normalized spacial score (nSPS) is 12.2. The summed E-state index contributed by atoms with van der Waals surface area (Å²) in [6.07, 6.45) is 0.717. The lowest BCUT2D eigenvalue weighted by Gasteiger charge is -2.07. The van der Waals surface area contributed by atoms with Crippen LogP contribution in [0.3, 0.4) is 0 Å². The molecular weight excluding hydrogens is 196 g/mol. The van der Waals surface area contributed by atoms with Crippen molar-refractivity contribution in [1.29, 1.82) is 0 Å². The van der Waals surface area contributed by atoms with Gasteiger partial charge in [-0.2, -0.15) is 0 Å². The van der Waals surface area contributed by atoms with E-state index in [4.69, 9.17) is 10.2 Å². The molecule has 2 N–H and O–H groups in total. The van der Waals surface area contributed by atoms with Gasteiger partial charge < -0.3 is 23.2 Å². The predicted molar refractivity (Wildman–Crippen MR) is 47.9 cm³/mol. The maximum absolute atomic E-state index is 11.8. The van der Waals surface area contributed by atoms with Crippen molar-refractivity contribution in [2.75, 3.05) is 0 Å². The number of hydrogen-bond donors (Lipinski definition) is 2. The van der Waals surface area contributed by atoms with Gasteiger partial charge in [0.2, 0.25) is 0 Å². The van der Waals surface area contributed by atoms with E-state index < -0.39 is 18.5 Å². The van der Waals surface area contributed by atoms with Gasteiger partial charge in [-0.05, 0) is 6.07 Å². The molecule has 0 heterocycles. The van der Waals surface area contributed by atoms with Crippen molar-refractivity contribution in [2.24, 2.45) is 0 Å². The number of phenolic OH excluding ortho intramolecular Hbond substituents is 2. The lowest BCUT2D eigenvalue weighted by atomic mass is 9.90. The van der Waals surface area contributed by atoms with E-state index in [9.17, 15) is 12.9 Å². The van der Waals surface area contributed by atoms with Gasteiger partial charge in [0.15, 0.2) is 11.5 Å². The van der Waals surface area contributed by atoms with Gasteiger partial charge >= 0.3 is 6.98 Å². The van der Waals surface area contributed by atoms with E-state index >= 15 is 0 Å². The first-order valence-electron chi connectivity index (χ1n) is 3.80. The number of hydrogen-bond acceptors (Lipinski definition) is 2. The highest BCUT2D eigenvalue weighted by atomic mass is 19.4. The van der Waals surface area contributed by atoms with Crippen LogP contribution in [-0.4, -0.2) is 17.2 Å². The first kappa shape index (κ1) is 10.5. The molecule has 0 radical (unpaired) electrons. The molecule has 76 valence electrons. The molecule has 6 heteroatoms. The Labute approximate surface area is 78.4 Å². The molecule has 1 aromatic rings. The number of aromatic hydroxyl groups is 2. The van der Waals surface area contributed by atoms with Crippen LogP contribution in [0.4, 0.5) is 12.9 Å². The van der Waals surface area contributed by atoms with Crippen LogP contribution >= 0.6 is 0 Å². The summed E-state index contributed by atoms with van der Waals surface area (Å²) >= 11 is 0. The number of phenols is 2. The molecule has 0 spiro atoms. The van der Waals surface area contributed by atoms with Crippen LogP contribution in [0, 0.1) is 0 Å². The van der Waals surface area contributed by atoms with Crippen molar-refractivity contribution >= 4 is 13.1 Å². The van der Waals surface area contributed by atoms with Gasteiger partial charge in [0, 0.05) is 5.56 Å². The Kier molecular flexibility index (Phi) is 2.74. The molecule has 0 atom stereocenters. The maximum Gasteiger partial charge on any atom is 0.502 e. The standard InChI is InChI=1S/C8H7BF3O2/c10-9(11,12)5-4-6-2-1-3-7(13)8(6)14/h1-5,13-14H/q-1/b5-4+. The third-order valence-corrected chi connectivity index (χ3v) is 1.54. The zero-order chi connectivity index (χ0) is 10.8. The number of rotatable bonds is 2. The molecule has 0 aliphatic heterocycles. The highest BCUT2D eigenvalue weighted by molar-refractivity contribution is 6.64. The average molecular weight is 203 g/mol. The molecule has 1 aromatic carbocycles. The van der Waals surface area contributed by atoms with E-state index in [1.54, 1.807) is 0 Å². The van der Waals surface area contributed by atoms with E-state index in [0.29, 0.717) is 0 Å². The van der Waals surface area contributed by atoms with Crippen molar-refractivity contribution in [3.63, 3.8) is 0 Å². The molecule has 0 unspecified atom stereocenters. The Balaban J connectivity index is 2.98. The van der Waals surface area contributed by atoms with Crippen LogP contribution in [0.1, 0.15) is 5.56 Å². The van der Waals surface area contributed by atoms with Crippen LogP contribution in [0.2, 0.25) is 0 Å². The summed E-state index contributed by atoms with van der Waals surface area (Å²) in [5, 5.41) is 18.1. The fraction of sp³-hybridized carbons (Fsp3) is 0. The van der Waals surface area contributed by atoms with E-state index in [2.05, 4.69) is 0 Å². The Morgan fingerprint density at radius 2 is 1.79 bits per heavy atom. The number of benzene rings is 1. The van der Waals surface area contributed by atoms with Gasteiger partial charge in [-0.3, -0.25) is 0 Å². The smallest absolute Gasteiger partial charge is 0.502 e. The second kappa shape index (κ2) is 3.65. The van der Waals surface area contributed by atoms with Crippen molar-refractivity contribution in [3.05, 3.63) is 29.7 Å². The van der Waals surface area contributed by atoms with Crippen LogP contribution < -0.4 is 0 Å². The Morgan fingerprint density at radius 1 is 1.14 bits per heavy atom. The molecule has 14 heavy (non-hydrogen) atoms.